The van der Waals surface area contributed by atoms with Crippen LogP contribution < -0.4 is 4.74 Å². The summed E-state index contributed by atoms with van der Waals surface area (Å²) in [6.45, 7) is 0.291. The Bertz CT molecular complexity index is 827. The van der Waals surface area contributed by atoms with Crippen molar-refractivity contribution in [3.8, 4) is 5.75 Å². The molecule has 0 aromatic heterocycles. The monoisotopic (exact) mass is 438 g/mol. The van der Waals surface area contributed by atoms with E-state index in [4.69, 9.17) is 17.0 Å². The number of hydrogen-bond acceptors (Lipinski definition) is 5. The number of halogens is 2. The van der Waals surface area contributed by atoms with Crippen molar-refractivity contribution >= 4 is 56.4 Å². The van der Waals surface area contributed by atoms with Gasteiger partial charge in [-0.25, -0.2) is 4.39 Å². The van der Waals surface area contributed by atoms with Gasteiger partial charge in [-0.05, 0) is 35.9 Å². The van der Waals surface area contributed by atoms with E-state index < -0.39 is 0 Å². The van der Waals surface area contributed by atoms with Gasteiger partial charge in [-0.2, -0.15) is 10.1 Å². The number of carbonyl (C=O) groups is 1. The predicted octanol–water partition coefficient (Wildman–Crippen LogP) is 4.36. The summed E-state index contributed by atoms with van der Waals surface area (Å²) >= 11 is 9.80. The van der Waals surface area contributed by atoms with E-state index in [2.05, 4.69) is 21.0 Å². The Labute approximate surface area is 162 Å². The minimum Gasteiger partial charge on any atom is -0.488 e. The molecule has 2 aromatic carbocycles. The fourth-order valence-corrected chi connectivity index (χ4v) is 3.42. The number of benzene rings is 2. The lowest BCUT2D eigenvalue weighted by Crippen LogP contribution is -2.22. The SMILES string of the molecule is O=C1CSC(=S)N1/N=C\c1cc(Br)ccc1OCc1ccc(F)cc1. The topological polar surface area (TPSA) is 41.9 Å². The molecule has 4 nitrogen and oxygen atoms in total. The van der Waals surface area contributed by atoms with Gasteiger partial charge in [0.25, 0.3) is 5.91 Å². The third-order valence-corrected chi connectivity index (χ3v) is 5.15. The zero-order chi connectivity index (χ0) is 17.8. The van der Waals surface area contributed by atoms with Crippen LogP contribution in [0.5, 0.6) is 5.75 Å². The molecule has 0 bridgehead atoms. The number of amides is 1. The zero-order valence-corrected chi connectivity index (χ0v) is 16.0. The van der Waals surface area contributed by atoms with Crippen LogP contribution in [-0.2, 0) is 11.4 Å². The average molecular weight is 439 g/mol. The summed E-state index contributed by atoms with van der Waals surface area (Å²) in [5.74, 6) is 0.476. The lowest BCUT2D eigenvalue weighted by atomic mass is 10.2. The number of hydrogen-bond donors (Lipinski definition) is 0. The van der Waals surface area contributed by atoms with Gasteiger partial charge in [0, 0.05) is 10.0 Å². The third kappa shape index (κ3) is 4.65. The maximum absolute atomic E-state index is 13.0. The highest BCUT2D eigenvalue weighted by molar-refractivity contribution is 9.10. The van der Waals surface area contributed by atoms with Gasteiger partial charge >= 0.3 is 0 Å². The summed E-state index contributed by atoms with van der Waals surface area (Å²) in [5.41, 5.74) is 1.54. The summed E-state index contributed by atoms with van der Waals surface area (Å²) in [4.78, 5) is 11.7. The normalized spacial score (nSPS) is 14.6. The minimum atomic E-state index is -0.288. The molecule has 25 heavy (non-hydrogen) atoms. The molecule has 0 saturated carbocycles. The Morgan fingerprint density at radius 3 is 2.76 bits per heavy atom. The largest absolute Gasteiger partial charge is 0.488 e. The maximum atomic E-state index is 13.0. The lowest BCUT2D eigenvalue weighted by Gasteiger charge is -2.11. The highest BCUT2D eigenvalue weighted by Crippen LogP contribution is 2.24. The fourth-order valence-electron chi connectivity index (χ4n) is 2.07. The van der Waals surface area contributed by atoms with Crippen LogP contribution >= 0.6 is 39.9 Å². The molecule has 1 heterocycles. The second-order valence-corrected chi connectivity index (χ2v) is 7.63. The summed E-state index contributed by atoms with van der Waals surface area (Å²) < 4.78 is 20.1. The Balaban J connectivity index is 1.77. The number of thiocarbonyl (C=S) groups is 1. The van der Waals surface area contributed by atoms with Crippen LogP contribution in [0.1, 0.15) is 11.1 Å². The predicted molar refractivity (Wildman–Crippen MR) is 104 cm³/mol. The number of hydrazone groups is 1. The smallest absolute Gasteiger partial charge is 0.259 e. The molecule has 1 amide bonds. The van der Waals surface area contributed by atoms with Gasteiger partial charge in [-0.3, -0.25) is 4.79 Å². The van der Waals surface area contributed by atoms with Crippen LogP contribution in [0.4, 0.5) is 4.39 Å². The molecule has 0 atom stereocenters. The van der Waals surface area contributed by atoms with Crippen molar-refractivity contribution in [2.45, 2.75) is 6.61 Å². The van der Waals surface area contributed by atoms with Crippen LogP contribution in [0.3, 0.4) is 0 Å². The molecule has 1 aliphatic heterocycles. The van der Waals surface area contributed by atoms with Gasteiger partial charge in [-0.15, -0.1) is 0 Å². The quantitative estimate of drug-likeness (QED) is 0.513. The first-order valence-electron chi connectivity index (χ1n) is 7.23. The second-order valence-electron chi connectivity index (χ2n) is 5.10. The molecule has 2 aromatic rings. The number of ether oxygens (including phenoxy) is 1. The molecule has 1 fully saturated rings. The summed E-state index contributed by atoms with van der Waals surface area (Å²) in [6.07, 6.45) is 1.54. The van der Waals surface area contributed by atoms with Crippen LogP contribution in [0.15, 0.2) is 52.0 Å². The van der Waals surface area contributed by atoms with E-state index in [-0.39, 0.29) is 11.7 Å². The first-order valence-corrected chi connectivity index (χ1v) is 9.42. The lowest BCUT2D eigenvalue weighted by molar-refractivity contribution is -0.123. The van der Waals surface area contributed by atoms with Gasteiger partial charge in [0.1, 0.15) is 18.2 Å². The Hall–Kier alpha value is -1.77. The van der Waals surface area contributed by atoms with E-state index in [1.165, 1.54) is 28.9 Å². The van der Waals surface area contributed by atoms with E-state index in [9.17, 15) is 9.18 Å². The first kappa shape index (κ1) is 18.0. The average Bonchev–Trinajstić information content (AvgIpc) is 2.92. The van der Waals surface area contributed by atoms with Gasteiger partial charge in [0.2, 0.25) is 0 Å². The standard InChI is InChI=1S/C17H12BrFN2O2S2/c18-13-3-6-15(23-9-11-1-4-14(19)5-2-11)12(7-13)8-20-21-16(22)10-25-17(21)24/h1-8H,9-10H2/b20-8-. The van der Waals surface area contributed by atoms with Crippen molar-refractivity contribution in [2.24, 2.45) is 5.10 Å². The summed E-state index contributed by atoms with van der Waals surface area (Å²) in [6, 6.07) is 11.6. The molecule has 0 N–H and O–H groups in total. The number of rotatable bonds is 5. The van der Waals surface area contributed by atoms with Crippen molar-refractivity contribution in [3.05, 3.63) is 63.9 Å². The highest BCUT2D eigenvalue weighted by atomic mass is 79.9. The summed E-state index contributed by atoms with van der Waals surface area (Å²) in [7, 11) is 0. The van der Waals surface area contributed by atoms with Gasteiger partial charge in [0.05, 0.1) is 12.0 Å². The van der Waals surface area contributed by atoms with E-state index in [1.54, 1.807) is 24.4 Å². The zero-order valence-electron chi connectivity index (χ0n) is 12.8. The molecular weight excluding hydrogens is 427 g/mol. The molecule has 8 heteroatoms. The molecule has 3 rings (SSSR count). The van der Waals surface area contributed by atoms with Crippen molar-refractivity contribution < 1.29 is 13.9 Å². The van der Waals surface area contributed by atoms with Gasteiger partial charge in [-0.1, -0.05) is 52.0 Å². The van der Waals surface area contributed by atoms with Crippen LogP contribution in [0.25, 0.3) is 0 Å². The number of nitrogens with zero attached hydrogens (tertiary/aromatic N) is 2. The van der Waals surface area contributed by atoms with Crippen molar-refractivity contribution in [1.82, 2.24) is 5.01 Å². The number of carbonyl (C=O) groups excluding carboxylic acids is 1. The molecular formula is C17H12BrFN2O2S2. The van der Waals surface area contributed by atoms with Crippen molar-refractivity contribution in [2.75, 3.05) is 5.75 Å². The number of thioether (sulfide) groups is 1. The molecule has 0 aliphatic carbocycles. The summed E-state index contributed by atoms with van der Waals surface area (Å²) in [5, 5.41) is 5.38. The van der Waals surface area contributed by atoms with E-state index in [1.807, 2.05) is 12.1 Å². The molecule has 1 aliphatic rings. The van der Waals surface area contributed by atoms with E-state index in [0.29, 0.717) is 28.0 Å². The van der Waals surface area contributed by atoms with Gasteiger partial charge < -0.3 is 4.74 Å². The van der Waals surface area contributed by atoms with Crippen LogP contribution in [0.2, 0.25) is 0 Å². The fraction of sp³-hybridized carbons (Fsp3) is 0.118. The molecule has 1 saturated heterocycles. The second kappa shape index (κ2) is 8.07. The van der Waals surface area contributed by atoms with Gasteiger partial charge in [0.15, 0.2) is 4.32 Å². The van der Waals surface area contributed by atoms with Crippen LogP contribution in [-0.4, -0.2) is 27.2 Å². The highest BCUT2D eigenvalue weighted by Gasteiger charge is 2.26. The maximum Gasteiger partial charge on any atom is 0.259 e. The van der Waals surface area contributed by atoms with Crippen molar-refractivity contribution in [3.63, 3.8) is 0 Å². The molecule has 128 valence electrons. The Kier molecular flexibility index (Phi) is 5.82. The Morgan fingerprint density at radius 1 is 1.32 bits per heavy atom. The van der Waals surface area contributed by atoms with E-state index >= 15 is 0 Å². The van der Waals surface area contributed by atoms with E-state index in [0.717, 1.165) is 10.0 Å². The minimum absolute atomic E-state index is 0.143. The molecule has 0 unspecified atom stereocenters. The third-order valence-electron chi connectivity index (χ3n) is 3.32. The first-order chi connectivity index (χ1) is 12.0. The molecule has 0 radical (unpaired) electrons. The van der Waals surface area contributed by atoms with Crippen molar-refractivity contribution in [1.29, 1.82) is 0 Å². The Morgan fingerprint density at radius 2 is 2.08 bits per heavy atom. The molecule has 0 spiro atoms. The van der Waals surface area contributed by atoms with Crippen LogP contribution in [0, 0.1) is 5.82 Å².